The van der Waals surface area contributed by atoms with Crippen LogP contribution in [0.5, 0.6) is 5.75 Å². The number of hydrogen-bond donors (Lipinski definition) is 0. The van der Waals surface area contributed by atoms with E-state index in [0.29, 0.717) is 21.4 Å². The lowest BCUT2D eigenvalue weighted by Crippen LogP contribution is -1.94. The zero-order valence-corrected chi connectivity index (χ0v) is 14.0. The second-order valence-electron chi connectivity index (χ2n) is 4.66. The van der Waals surface area contributed by atoms with Gasteiger partial charge >= 0.3 is 0 Å². The third-order valence-corrected chi connectivity index (χ3v) is 3.69. The predicted molar refractivity (Wildman–Crippen MR) is 95.1 cm³/mol. The monoisotopic (exact) mass is 382 g/mol. The van der Waals surface area contributed by atoms with E-state index in [2.05, 4.69) is 27.9 Å². The Bertz CT molecular complexity index is 892. The van der Waals surface area contributed by atoms with Gasteiger partial charge in [-0.1, -0.05) is 24.1 Å². The fourth-order valence-corrected chi connectivity index (χ4v) is 2.49. The maximum absolute atomic E-state index is 10.9. The summed E-state index contributed by atoms with van der Waals surface area (Å²) in [7, 11) is 0. The zero-order chi connectivity index (χ0) is 17.5. The van der Waals surface area contributed by atoms with Crippen LogP contribution < -0.4 is 4.74 Å². The summed E-state index contributed by atoms with van der Waals surface area (Å²) < 4.78 is 6.05. The molecular weight excluding hydrogens is 372 g/mol. The van der Waals surface area contributed by atoms with Crippen molar-refractivity contribution in [1.29, 1.82) is 5.26 Å². The summed E-state index contributed by atoms with van der Waals surface area (Å²) in [6.07, 6.45) is 6.80. The van der Waals surface area contributed by atoms with Gasteiger partial charge in [0.15, 0.2) is 0 Å². The zero-order valence-electron chi connectivity index (χ0n) is 12.4. The van der Waals surface area contributed by atoms with Gasteiger partial charge in [-0.05, 0) is 45.3 Å². The third kappa shape index (κ3) is 4.22. The molecule has 0 unspecified atom stereocenters. The Morgan fingerprint density at radius 1 is 1.38 bits per heavy atom. The predicted octanol–water partition coefficient (Wildman–Crippen LogP) is 4.43. The standard InChI is InChI=1S/C18H11BrN2O3/c1-2-8-24-18-7-6-13(10-17(18)19)9-15(12-20)14-4-3-5-16(11-14)21(22)23/h1,3-7,9-11H,8H2/b15-9-. The Labute approximate surface area is 147 Å². The topological polar surface area (TPSA) is 76.2 Å². The maximum atomic E-state index is 10.9. The average molecular weight is 383 g/mol. The molecule has 0 aliphatic rings. The largest absolute Gasteiger partial charge is 0.480 e. The van der Waals surface area contributed by atoms with Gasteiger partial charge < -0.3 is 4.74 Å². The number of non-ortho nitro benzene ring substituents is 1. The van der Waals surface area contributed by atoms with Crippen LogP contribution in [-0.4, -0.2) is 11.5 Å². The number of benzene rings is 2. The molecule has 0 atom stereocenters. The van der Waals surface area contributed by atoms with Crippen molar-refractivity contribution in [2.24, 2.45) is 0 Å². The molecule has 24 heavy (non-hydrogen) atoms. The molecule has 6 heteroatoms. The Morgan fingerprint density at radius 2 is 2.17 bits per heavy atom. The number of allylic oxidation sites excluding steroid dienone is 1. The van der Waals surface area contributed by atoms with Gasteiger partial charge in [0.1, 0.15) is 12.4 Å². The highest BCUT2D eigenvalue weighted by atomic mass is 79.9. The number of nitro groups is 1. The van der Waals surface area contributed by atoms with Crippen LogP contribution in [0.2, 0.25) is 0 Å². The molecule has 0 amide bonds. The smallest absolute Gasteiger partial charge is 0.270 e. The highest BCUT2D eigenvalue weighted by molar-refractivity contribution is 9.10. The first-order valence-electron chi connectivity index (χ1n) is 6.77. The van der Waals surface area contributed by atoms with E-state index in [4.69, 9.17) is 11.2 Å². The fourth-order valence-electron chi connectivity index (χ4n) is 1.98. The maximum Gasteiger partial charge on any atom is 0.270 e. The minimum atomic E-state index is -0.493. The van der Waals surface area contributed by atoms with Crippen molar-refractivity contribution in [2.45, 2.75) is 0 Å². The first-order valence-corrected chi connectivity index (χ1v) is 7.57. The van der Waals surface area contributed by atoms with E-state index in [0.717, 1.165) is 5.56 Å². The van der Waals surface area contributed by atoms with Crippen molar-refractivity contribution >= 4 is 33.3 Å². The highest BCUT2D eigenvalue weighted by Crippen LogP contribution is 2.28. The van der Waals surface area contributed by atoms with E-state index in [9.17, 15) is 15.4 Å². The van der Waals surface area contributed by atoms with Gasteiger partial charge in [-0.15, -0.1) is 6.42 Å². The molecule has 0 bridgehead atoms. The summed E-state index contributed by atoms with van der Waals surface area (Å²) >= 11 is 3.38. The van der Waals surface area contributed by atoms with Crippen LogP contribution in [-0.2, 0) is 0 Å². The number of nitro benzene ring substituents is 1. The summed E-state index contributed by atoms with van der Waals surface area (Å²) in [5, 5.41) is 20.2. The molecule has 0 N–H and O–H groups in total. The molecule has 0 aliphatic heterocycles. The summed E-state index contributed by atoms with van der Waals surface area (Å²) in [4.78, 5) is 10.4. The molecular formula is C18H11BrN2O3. The van der Waals surface area contributed by atoms with Crippen LogP contribution in [0.1, 0.15) is 11.1 Å². The summed E-state index contributed by atoms with van der Waals surface area (Å²) in [5.41, 5.74) is 1.49. The summed E-state index contributed by atoms with van der Waals surface area (Å²) in [6, 6.07) is 13.3. The van der Waals surface area contributed by atoms with Crippen molar-refractivity contribution in [3.8, 4) is 24.2 Å². The average Bonchev–Trinajstić information content (AvgIpc) is 2.59. The van der Waals surface area contributed by atoms with Gasteiger partial charge in [-0.25, -0.2) is 0 Å². The molecule has 0 fully saturated rings. The van der Waals surface area contributed by atoms with E-state index >= 15 is 0 Å². The normalized spacial score (nSPS) is 10.5. The molecule has 0 heterocycles. The minimum Gasteiger partial charge on any atom is -0.480 e. The Balaban J connectivity index is 2.36. The van der Waals surface area contributed by atoms with Crippen molar-refractivity contribution in [3.05, 3.63) is 68.2 Å². The van der Waals surface area contributed by atoms with Crippen LogP contribution in [0.15, 0.2) is 46.9 Å². The van der Waals surface area contributed by atoms with Gasteiger partial charge in [0.05, 0.1) is 21.0 Å². The molecule has 0 aromatic heterocycles. The van der Waals surface area contributed by atoms with E-state index in [-0.39, 0.29) is 12.3 Å². The van der Waals surface area contributed by atoms with Crippen LogP contribution in [0.4, 0.5) is 5.69 Å². The second-order valence-corrected chi connectivity index (χ2v) is 5.51. The Kier molecular flexibility index (Phi) is 5.73. The van der Waals surface area contributed by atoms with Gasteiger partial charge in [-0.3, -0.25) is 10.1 Å². The molecule has 5 nitrogen and oxygen atoms in total. The molecule has 0 saturated carbocycles. The van der Waals surface area contributed by atoms with E-state index in [1.807, 2.05) is 0 Å². The molecule has 2 aromatic rings. The highest BCUT2D eigenvalue weighted by Gasteiger charge is 2.09. The number of hydrogen-bond acceptors (Lipinski definition) is 4. The number of nitrogens with zero attached hydrogens (tertiary/aromatic N) is 2. The van der Waals surface area contributed by atoms with Gasteiger partial charge in [0.2, 0.25) is 0 Å². The minimum absolute atomic E-state index is 0.0622. The van der Waals surface area contributed by atoms with Crippen molar-refractivity contribution in [3.63, 3.8) is 0 Å². The van der Waals surface area contributed by atoms with Crippen molar-refractivity contribution < 1.29 is 9.66 Å². The fraction of sp³-hybridized carbons (Fsp3) is 0.0556. The quantitative estimate of drug-likeness (QED) is 0.252. The molecule has 2 aromatic carbocycles. The molecule has 0 spiro atoms. The van der Waals surface area contributed by atoms with Gasteiger partial charge in [0.25, 0.3) is 5.69 Å². The Morgan fingerprint density at radius 3 is 2.79 bits per heavy atom. The molecule has 118 valence electrons. The van der Waals surface area contributed by atoms with Crippen LogP contribution in [0.3, 0.4) is 0 Å². The van der Waals surface area contributed by atoms with Gasteiger partial charge in [-0.2, -0.15) is 5.26 Å². The molecule has 0 aliphatic carbocycles. The van der Waals surface area contributed by atoms with E-state index in [1.54, 1.807) is 36.4 Å². The first kappa shape index (κ1) is 17.3. The Hall–Kier alpha value is -3.09. The first-order chi connectivity index (χ1) is 11.5. The summed E-state index contributed by atoms with van der Waals surface area (Å²) in [5.74, 6) is 2.98. The second kappa shape index (κ2) is 7.96. The number of terminal acetylenes is 1. The lowest BCUT2D eigenvalue weighted by Gasteiger charge is -2.06. The van der Waals surface area contributed by atoms with Crippen LogP contribution in [0, 0.1) is 33.8 Å². The van der Waals surface area contributed by atoms with Crippen molar-refractivity contribution in [2.75, 3.05) is 6.61 Å². The van der Waals surface area contributed by atoms with Crippen LogP contribution >= 0.6 is 15.9 Å². The molecule has 0 saturated heterocycles. The lowest BCUT2D eigenvalue weighted by molar-refractivity contribution is -0.384. The lowest BCUT2D eigenvalue weighted by atomic mass is 10.0. The molecule has 0 radical (unpaired) electrons. The van der Waals surface area contributed by atoms with Crippen LogP contribution in [0.25, 0.3) is 11.6 Å². The van der Waals surface area contributed by atoms with Crippen molar-refractivity contribution in [1.82, 2.24) is 0 Å². The van der Waals surface area contributed by atoms with E-state index in [1.165, 1.54) is 12.1 Å². The number of halogens is 1. The number of rotatable bonds is 5. The summed E-state index contributed by atoms with van der Waals surface area (Å²) in [6.45, 7) is 0.158. The third-order valence-electron chi connectivity index (χ3n) is 3.07. The number of nitriles is 1. The van der Waals surface area contributed by atoms with E-state index < -0.39 is 4.92 Å². The van der Waals surface area contributed by atoms with Gasteiger partial charge in [0, 0.05) is 12.1 Å². The molecule has 2 rings (SSSR count). The SMILES string of the molecule is C#CCOc1ccc(/C=C(/C#N)c2cccc([N+](=O)[O-])c2)cc1Br. The number of ether oxygens (including phenoxy) is 1.